The van der Waals surface area contributed by atoms with Gasteiger partial charge in [-0.05, 0) is 4.78 Å². The van der Waals surface area contributed by atoms with Crippen LogP contribution in [-0.2, 0) is 19.5 Å². The van der Waals surface area contributed by atoms with Gasteiger partial charge in [0.15, 0.2) is 0 Å². The fraction of sp³-hybridized carbons (Fsp3) is 1.00. The fourth-order valence-electron chi connectivity index (χ4n) is 0.0472. The molecule has 0 fully saturated rings. The van der Waals surface area contributed by atoms with Crippen molar-refractivity contribution in [2.24, 2.45) is 0 Å². The van der Waals surface area contributed by atoms with Crippen molar-refractivity contribution in [3.05, 3.63) is 0 Å². The summed E-state index contributed by atoms with van der Waals surface area (Å²) in [6.07, 6.45) is 0. The Morgan fingerprint density at radius 2 is 1.67 bits per heavy atom. The molecule has 0 aromatic carbocycles. The largest absolute Gasteiger partial charge is 0.556 e. The Kier molecular flexibility index (Phi) is 2.12. The average molecular weight is 180 g/mol. The predicted molar refractivity (Wildman–Crippen MR) is 25.1 cm³/mol. The van der Waals surface area contributed by atoms with Crippen molar-refractivity contribution >= 4 is 19.5 Å². The molecule has 54 valence electrons. The molecule has 9 heavy (non-hydrogen) atoms. The highest BCUT2D eigenvalue weighted by Gasteiger charge is 2.55. The van der Waals surface area contributed by atoms with Crippen LogP contribution < -0.4 is 0 Å². The summed E-state index contributed by atoms with van der Waals surface area (Å²) in [5.41, 5.74) is -5.31. The van der Waals surface area contributed by atoms with Gasteiger partial charge in [0.25, 0.3) is 0 Å². The third-order valence-corrected chi connectivity index (χ3v) is 2.40. The van der Waals surface area contributed by atoms with Crippen molar-refractivity contribution in [2.45, 2.75) is 5.51 Å². The van der Waals surface area contributed by atoms with Gasteiger partial charge in [0.1, 0.15) is 0 Å². The van der Waals surface area contributed by atoms with Crippen LogP contribution >= 0.6 is 0 Å². The molecule has 8 heteroatoms. The van der Waals surface area contributed by atoms with E-state index in [9.17, 15) is 21.6 Å². The van der Waals surface area contributed by atoms with E-state index < -0.39 is 25.0 Å². The topological polar surface area (TPSA) is 58.0 Å². The lowest BCUT2D eigenvalue weighted by molar-refractivity contribution is -0.0410. The van der Waals surface area contributed by atoms with Gasteiger partial charge >= 0.3 is 25.0 Å². The Hall–Kier alpha value is -0.240. The first-order valence-electron chi connectivity index (χ1n) is 1.48. The minimum absolute atomic E-state index is 0.969. The number of nitrogens with one attached hydrogen (secondary N) is 1. The second-order valence-corrected chi connectivity index (χ2v) is 4.34. The van der Waals surface area contributed by atoms with Crippen molar-refractivity contribution < 1.29 is 21.6 Å². The highest BCUT2D eigenvalue weighted by Crippen LogP contribution is 2.22. The molecule has 0 aliphatic carbocycles. The second-order valence-electron chi connectivity index (χ2n) is 0.983. The van der Waals surface area contributed by atoms with E-state index in [0.717, 1.165) is 0 Å². The van der Waals surface area contributed by atoms with E-state index in [1.54, 1.807) is 0 Å². The zero-order chi connectivity index (χ0) is 7.71. The van der Waals surface area contributed by atoms with Crippen molar-refractivity contribution in [1.82, 2.24) is 0 Å². The number of hydrogen-bond acceptors (Lipinski definition) is 3. The summed E-state index contributed by atoms with van der Waals surface area (Å²) >= 11 is 0. The quantitative estimate of drug-likeness (QED) is 0.476. The Bertz CT molecular complexity index is 202. The molecule has 0 heterocycles. The van der Waals surface area contributed by atoms with Gasteiger partial charge in [-0.2, -0.15) is 21.6 Å². The number of alkyl halides is 3. The summed E-state index contributed by atoms with van der Waals surface area (Å²) in [7, 11) is -6.22. The van der Waals surface area contributed by atoms with Crippen LogP contribution in [0, 0.1) is 4.78 Å². The molecule has 0 aliphatic heterocycles. The lowest BCUT2D eigenvalue weighted by Crippen LogP contribution is -2.20. The average Bonchev–Trinajstić information content (AvgIpc) is 1.64. The summed E-state index contributed by atoms with van der Waals surface area (Å²) in [4.78, 5) is 0. The zero-order valence-electron chi connectivity index (χ0n) is 3.77. The maximum Gasteiger partial charge on any atom is 0.556 e. The molecule has 0 aromatic rings. The molecule has 0 aliphatic rings. The van der Waals surface area contributed by atoms with E-state index in [-0.39, 0.29) is 0 Å². The molecular formula is CHF3NO2S2+. The fourth-order valence-corrected chi connectivity index (χ4v) is 0.425. The van der Waals surface area contributed by atoms with Crippen molar-refractivity contribution in [1.29, 1.82) is 4.78 Å². The van der Waals surface area contributed by atoms with Crippen LogP contribution in [0.25, 0.3) is 0 Å². The van der Waals surface area contributed by atoms with Crippen LogP contribution in [0.1, 0.15) is 0 Å². The predicted octanol–water partition coefficient (Wildman–Crippen LogP) is 0.681. The monoisotopic (exact) mass is 180 g/mol. The molecule has 0 amide bonds. The first kappa shape index (κ1) is 8.76. The van der Waals surface area contributed by atoms with Crippen LogP contribution in [0.2, 0.25) is 0 Å². The SMILES string of the molecule is N=[S+]S(=O)(=O)C(F)(F)F. The number of hydrogen-bond donors (Lipinski definition) is 1. The van der Waals surface area contributed by atoms with Crippen LogP contribution in [0.5, 0.6) is 0 Å². The molecule has 0 saturated heterocycles. The van der Waals surface area contributed by atoms with E-state index in [1.165, 1.54) is 0 Å². The van der Waals surface area contributed by atoms with Gasteiger partial charge in [-0.15, -0.1) is 0 Å². The maximum atomic E-state index is 11.1. The van der Waals surface area contributed by atoms with Crippen LogP contribution in [0.4, 0.5) is 13.2 Å². The third-order valence-electron chi connectivity index (χ3n) is 0.393. The highest BCUT2D eigenvalue weighted by molar-refractivity contribution is 8.57. The molecule has 0 saturated carbocycles. The van der Waals surface area contributed by atoms with E-state index in [2.05, 4.69) is 0 Å². The normalized spacial score (nSPS) is 13.2. The first-order chi connectivity index (χ1) is 3.81. The number of rotatable bonds is 1. The van der Waals surface area contributed by atoms with Gasteiger partial charge in [0.05, 0.1) is 0 Å². The van der Waals surface area contributed by atoms with Crippen molar-refractivity contribution in [3.63, 3.8) is 0 Å². The maximum absolute atomic E-state index is 11.1. The summed E-state index contributed by atoms with van der Waals surface area (Å²) in [6.45, 7) is 0. The standard InChI is InChI=1S/CHF3NO2S2/c2-1(3,4)9(6,7)8-5/h5H/q+1. The molecule has 3 nitrogen and oxygen atoms in total. The Morgan fingerprint density at radius 1 is 1.33 bits per heavy atom. The summed E-state index contributed by atoms with van der Waals surface area (Å²) in [6, 6.07) is 0. The van der Waals surface area contributed by atoms with Crippen LogP contribution in [-0.4, -0.2) is 13.9 Å². The molecule has 0 unspecified atom stereocenters. The molecule has 0 radical (unpaired) electrons. The smallest absolute Gasteiger partial charge is 0.157 e. The Balaban J connectivity index is 4.79. The van der Waals surface area contributed by atoms with Gasteiger partial charge in [-0.3, -0.25) is 0 Å². The first-order valence-corrected chi connectivity index (χ1v) is 4.29. The van der Waals surface area contributed by atoms with Crippen molar-refractivity contribution in [2.75, 3.05) is 0 Å². The Labute approximate surface area is 52.1 Å². The van der Waals surface area contributed by atoms with Gasteiger partial charge in [-0.1, -0.05) is 0 Å². The van der Waals surface area contributed by atoms with Gasteiger partial charge in [-0.25, -0.2) is 0 Å². The van der Waals surface area contributed by atoms with Gasteiger partial charge in [0, 0.05) is 0 Å². The summed E-state index contributed by atoms with van der Waals surface area (Å²) in [5.74, 6) is 0. The van der Waals surface area contributed by atoms with Crippen LogP contribution in [0.3, 0.4) is 0 Å². The molecular weight excluding hydrogens is 179 g/mol. The van der Waals surface area contributed by atoms with E-state index in [4.69, 9.17) is 4.78 Å². The lowest BCUT2D eigenvalue weighted by Gasteiger charge is -1.90. The van der Waals surface area contributed by atoms with E-state index >= 15 is 0 Å². The summed E-state index contributed by atoms with van der Waals surface area (Å²) in [5, 5.41) is 0. The summed E-state index contributed by atoms with van der Waals surface area (Å²) < 4.78 is 58.5. The van der Waals surface area contributed by atoms with Gasteiger partial charge in [0.2, 0.25) is 0 Å². The van der Waals surface area contributed by atoms with E-state index in [0.29, 0.717) is 0 Å². The lowest BCUT2D eigenvalue weighted by atomic mass is 11.6. The van der Waals surface area contributed by atoms with Gasteiger partial charge < -0.3 is 0 Å². The van der Waals surface area contributed by atoms with E-state index in [1.807, 2.05) is 0 Å². The van der Waals surface area contributed by atoms with Crippen LogP contribution in [0.15, 0.2) is 0 Å². The zero-order valence-corrected chi connectivity index (χ0v) is 5.40. The molecule has 0 atom stereocenters. The van der Waals surface area contributed by atoms with Crippen molar-refractivity contribution in [3.8, 4) is 0 Å². The molecule has 0 spiro atoms. The highest BCUT2D eigenvalue weighted by atomic mass is 33.1. The molecule has 1 N–H and O–H groups in total. The third kappa shape index (κ3) is 1.86. The number of halogens is 3. The molecule has 0 bridgehead atoms. The minimum Gasteiger partial charge on any atom is -0.157 e. The molecule has 0 rings (SSSR count). The molecule has 0 aromatic heterocycles. The minimum atomic E-state index is -5.31. The second kappa shape index (κ2) is 2.18. The Morgan fingerprint density at radius 3 is 1.67 bits per heavy atom.